The highest BCUT2D eigenvalue weighted by Gasteiger charge is 2.22. The number of unbranched alkanes of at least 4 members (excludes halogenated alkanes) is 3. The normalized spacial score (nSPS) is 10.4. The van der Waals surface area contributed by atoms with Gasteiger partial charge in [0.15, 0.2) is 5.75 Å². The van der Waals surface area contributed by atoms with Crippen molar-refractivity contribution in [3.05, 3.63) is 4.88 Å². The largest absolute Gasteiger partial charge is 0.492 e. The molecule has 114 valence electrons. The molecule has 6 heteroatoms. The summed E-state index contributed by atoms with van der Waals surface area (Å²) in [5, 5.41) is 4.16. The van der Waals surface area contributed by atoms with Crippen LogP contribution < -0.4 is 15.8 Å². The van der Waals surface area contributed by atoms with Crippen LogP contribution >= 0.6 is 11.3 Å². The van der Waals surface area contributed by atoms with Crippen LogP contribution in [-0.4, -0.2) is 38.6 Å². The second-order valence-corrected chi connectivity index (χ2v) is 5.91. The lowest BCUT2D eigenvalue weighted by Gasteiger charge is -2.08. The number of ether oxygens (including phenoxy) is 1. The van der Waals surface area contributed by atoms with E-state index in [9.17, 15) is 4.79 Å². The summed E-state index contributed by atoms with van der Waals surface area (Å²) in [4.78, 5) is 14.1. The molecular weight excluding hydrogens is 274 g/mol. The summed E-state index contributed by atoms with van der Waals surface area (Å²) in [5.74, 6) is 0.487. The molecule has 1 aromatic rings. The predicted octanol–water partition coefficient (Wildman–Crippen LogP) is 3.03. The second-order valence-electron chi connectivity index (χ2n) is 4.89. The van der Waals surface area contributed by atoms with E-state index in [4.69, 9.17) is 10.5 Å². The summed E-state index contributed by atoms with van der Waals surface area (Å²) in [6.07, 6.45) is 4.77. The molecule has 0 aliphatic carbocycles. The SMILES string of the molecule is CCCCCCNc1sc(C(=O)N(C)C)c(N)c1OC. The maximum atomic E-state index is 12.0. The molecule has 0 aromatic carbocycles. The molecule has 1 aromatic heterocycles. The van der Waals surface area contributed by atoms with Crippen molar-refractivity contribution in [1.82, 2.24) is 4.90 Å². The van der Waals surface area contributed by atoms with E-state index in [1.54, 1.807) is 21.2 Å². The molecule has 20 heavy (non-hydrogen) atoms. The van der Waals surface area contributed by atoms with Crippen molar-refractivity contribution >= 4 is 27.9 Å². The fraction of sp³-hybridized carbons (Fsp3) is 0.643. The number of nitrogens with zero attached hydrogens (tertiary/aromatic N) is 1. The van der Waals surface area contributed by atoms with Crippen LogP contribution in [0.5, 0.6) is 5.75 Å². The third kappa shape index (κ3) is 4.03. The third-order valence-electron chi connectivity index (χ3n) is 3.02. The van der Waals surface area contributed by atoms with Gasteiger partial charge in [-0.2, -0.15) is 0 Å². The third-order valence-corrected chi connectivity index (χ3v) is 4.15. The molecule has 0 aliphatic rings. The Bertz CT molecular complexity index is 444. The molecule has 0 saturated heterocycles. The van der Waals surface area contributed by atoms with Crippen molar-refractivity contribution < 1.29 is 9.53 Å². The maximum Gasteiger partial charge on any atom is 0.265 e. The Morgan fingerprint density at radius 2 is 2.05 bits per heavy atom. The van der Waals surface area contributed by atoms with Gasteiger partial charge in [-0.05, 0) is 6.42 Å². The van der Waals surface area contributed by atoms with Crippen molar-refractivity contribution in [3.63, 3.8) is 0 Å². The molecule has 1 heterocycles. The van der Waals surface area contributed by atoms with Crippen molar-refractivity contribution in [3.8, 4) is 5.75 Å². The molecule has 1 rings (SSSR count). The van der Waals surface area contributed by atoms with Crippen molar-refractivity contribution in [2.75, 3.05) is 38.8 Å². The lowest BCUT2D eigenvalue weighted by molar-refractivity contribution is 0.0833. The minimum absolute atomic E-state index is 0.0927. The molecule has 0 bridgehead atoms. The second kappa shape index (κ2) is 7.99. The number of methoxy groups -OCH3 is 1. The number of nitrogens with one attached hydrogen (secondary N) is 1. The zero-order valence-electron chi connectivity index (χ0n) is 12.8. The summed E-state index contributed by atoms with van der Waals surface area (Å²) < 4.78 is 5.32. The molecule has 1 amide bonds. The van der Waals surface area contributed by atoms with E-state index < -0.39 is 0 Å². The monoisotopic (exact) mass is 299 g/mol. The van der Waals surface area contributed by atoms with Crippen LogP contribution in [0.4, 0.5) is 10.7 Å². The van der Waals surface area contributed by atoms with Gasteiger partial charge in [-0.3, -0.25) is 4.79 Å². The lowest BCUT2D eigenvalue weighted by Crippen LogP contribution is -2.21. The number of nitrogen functional groups attached to an aromatic ring is 1. The number of anilines is 2. The van der Waals surface area contributed by atoms with E-state index >= 15 is 0 Å². The molecule has 0 radical (unpaired) electrons. The summed E-state index contributed by atoms with van der Waals surface area (Å²) in [7, 11) is 5.00. The Labute approximate surface area is 125 Å². The van der Waals surface area contributed by atoms with Gasteiger partial charge in [0.2, 0.25) is 0 Å². The smallest absolute Gasteiger partial charge is 0.265 e. The van der Waals surface area contributed by atoms with Crippen molar-refractivity contribution in [1.29, 1.82) is 0 Å². The zero-order valence-corrected chi connectivity index (χ0v) is 13.6. The number of hydrogen-bond donors (Lipinski definition) is 2. The van der Waals surface area contributed by atoms with Gasteiger partial charge in [-0.1, -0.05) is 26.2 Å². The number of amides is 1. The first-order valence-corrected chi connectivity index (χ1v) is 7.76. The van der Waals surface area contributed by atoms with E-state index in [0.717, 1.165) is 18.0 Å². The highest BCUT2D eigenvalue weighted by molar-refractivity contribution is 7.19. The van der Waals surface area contributed by atoms with Gasteiger partial charge in [0.1, 0.15) is 15.6 Å². The molecule has 3 N–H and O–H groups in total. The Morgan fingerprint density at radius 1 is 1.35 bits per heavy atom. The fourth-order valence-corrected chi connectivity index (χ4v) is 3.00. The predicted molar refractivity (Wildman–Crippen MR) is 85.9 cm³/mol. The molecule has 0 saturated carbocycles. The highest BCUT2D eigenvalue weighted by atomic mass is 32.1. The molecule has 0 fully saturated rings. The topological polar surface area (TPSA) is 67.6 Å². The van der Waals surface area contributed by atoms with Crippen molar-refractivity contribution in [2.45, 2.75) is 32.6 Å². The number of carbonyl (C=O) groups excluding carboxylic acids is 1. The van der Waals surface area contributed by atoms with Crippen LogP contribution in [0.25, 0.3) is 0 Å². The van der Waals surface area contributed by atoms with Gasteiger partial charge in [-0.25, -0.2) is 0 Å². The number of nitrogens with two attached hydrogens (primary N) is 1. The number of thiophene rings is 1. The van der Waals surface area contributed by atoms with Gasteiger partial charge in [0.25, 0.3) is 5.91 Å². The van der Waals surface area contributed by atoms with Crippen LogP contribution in [-0.2, 0) is 0 Å². The molecule has 0 unspecified atom stereocenters. The average Bonchev–Trinajstić information content (AvgIpc) is 2.73. The van der Waals surface area contributed by atoms with Crippen LogP contribution in [0.2, 0.25) is 0 Å². The highest BCUT2D eigenvalue weighted by Crippen LogP contribution is 2.42. The van der Waals surface area contributed by atoms with Gasteiger partial charge in [0, 0.05) is 20.6 Å². The zero-order chi connectivity index (χ0) is 15.1. The van der Waals surface area contributed by atoms with Crippen molar-refractivity contribution in [2.24, 2.45) is 0 Å². The van der Waals surface area contributed by atoms with E-state index in [0.29, 0.717) is 16.3 Å². The van der Waals surface area contributed by atoms with Gasteiger partial charge in [0.05, 0.1) is 7.11 Å². The van der Waals surface area contributed by atoms with Gasteiger partial charge < -0.3 is 20.7 Å². The summed E-state index contributed by atoms with van der Waals surface area (Å²) >= 11 is 1.36. The van der Waals surface area contributed by atoms with E-state index in [-0.39, 0.29) is 5.91 Å². The van der Waals surface area contributed by atoms with E-state index in [2.05, 4.69) is 12.2 Å². The molecule has 0 aliphatic heterocycles. The van der Waals surface area contributed by atoms with Crippen LogP contribution in [0.3, 0.4) is 0 Å². The van der Waals surface area contributed by atoms with Gasteiger partial charge >= 0.3 is 0 Å². The molecule has 0 atom stereocenters. The first-order chi connectivity index (χ1) is 9.52. The minimum atomic E-state index is -0.0927. The average molecular weight is 299 g/mol. The number of carbonyl (C=O) groups is 1. The fourth-order valence-electron chi connectivity index (χ4n) is 1.86. The first kappa shape index (κ1) is 16.6. The molecule has 0 spiro atoms. The van der Waals surface area contributed by atoms with Crippen LogP contribution in [0.15, 0.2) is 0 Å². The first-order valence-electron chi connectivity index (χ1n) is 6.94. The minimum Gasteiger partial charge on any atom is -0.492 e. The lowest BCUT2D eigenvalue weighted by atomic mass is 10.2. The Balaban J connectivity index is 2.75. The number of rotatable bonds is 8. The molecule has 5 nitrogen and oxygen atoms in total. The number of hydrogen-bond acceptors (Lipinski definition) is 5. The summed E-state index contributed by atoms with van der Waals surface area (Å²) in [5.41, 5.74) is 6.43. The quantitative estimate of drug-likeness (QED) is 0.724. The summed E-state index contributed by atoms with van der Waals surface area (Å²) in [6.45, 7) is 3.06. The summed E-state index contributed by atoms with van der Waals surface area (Å²) in [6, 6.07) is 0. The van der Waals surface area contributed by atoms with Crippen LogP contribution in [0.1, 0.15) is 42.3 Å². The standard InChI is InChI=1S/C14H25N3O2S/c1-5-6-7-8-9-16-13-11(19-4)10(15)12(20-13)14(18)17(2)3/h16H,5-9,15H2,1-4H3. The Kier molecular flexibility index (Phi) is 6.64. The van der Waals surface area contributed by atoms with Gasteiger partial charge in [-0.15, -0.1) is 11.3 Å². The Hall–Kier alpha value is -1.43. The van der Waals surface area contributed by atoms with E-state index in [1.807, 2.05) is 0 Å². The maximum absolute atomic E-state index is 12.0. The molecular formula is C14H25N3O2S. The van der Waals surface area contributed by atoms with Crippen LogP contribution in [0, 0.1) is 0 Å². The van der Waals surface area contributed by atoms with E-state index in [1.165, 1.54) is 35.5 Å². The Morgan fingerprint density at radius 3 is 2.60 bits per heavy atom.